The Labute approximate surface area is 136 Å². The van der Waals surface area contributed by atoms with E-state index in [1.54, 1.807) is 18.6 Å². The Bertz CT molecular complexity index is 1120. The third-order valence-electron chi connectivity index (χ3n) is 4.02. The summed E-state index contributed by atoms with van der Waals surface area (Å²) in [6.45, 7) is 0. The summed E-state index contributed by atoms with van der Waals surface area (Å²) >= 11 is 0. The molecule has 0 fully saturated rings. The van der Waals surface area contributed by atoms with Crippen molar-refractivity contribution in [3.8, 4) is 22.8 Å². The van der Waals surface area contributed by atoms with Gasteiger partial charge in [-0.05, 0) is 36.4 Å². The SMILES string of the molecule is c1ccc(-c2cc3c(-c4cc5ncccc5[nH]4)n[nH]c3cn2)nc1. The molecule has 5 aromatic heterocycles. The van der Waals surface area contributed by atoms with Crippen LogP contribution in [0.4, 0.5) is 0 Å². The minimum Gasteiger partial charge on any atom is -0.352 e. The Morgan fingerprint density at radius 3 is 2.62 bits per heavy atom. The van der Waals surface area contributed by atoms with E-state index in [-0.39, 0.29) is 0 Å². The van der Waals surface area contributed by atoms with E-state index in [4.69, 9.17) is 0 Å². The fourth-order valence-corrected chi connectivity index (χ4v) is 2.86. The number of H-pyrrole nitrogens is 2. The Kier molecular flexibility index (Phi) is 2.69. The number of hydrogen-bond acceptors (Lipinski definition) is 4. The van der Waals surface area contributed by atoms with E-state index in [0.29, 0.717) is 0 Å². The van der Waals surface area contributed by atoms with Crippen LogP contribution in [0.2, 0.25) is 0 Å². The second-order valence-electron chi connectivity index (χ2n) is 5.52. The first-order valence-corrected chi connectivity index (χ1v) is 7.58. The van der Waals surface area contributed by atoms with Gasteiger partial charge in [0.1, 0.15) is 5.69 Å². The summed E-state index contributed by atoms with van der Waals surface area (Å²) in [5, 5.41) is 8.48. The molecule has 0 atom stereocenters. The van der Waals surface area contributed by atoms with Crippen molar-refractivity contribution in [3.05, 3.63) is 61.1 Å². The average molecular weight is 312 g/mol. The van der Waals surface area contributed by atoms with Gasteiger partial charge in [-0.2, -0.15) is 5.10 Å². The summed E-state index contributed by atoms with van der Waals surface area (Å²) in [6, 6.07) is 13.7. The second-order valence-corrected chi connectivity index (χ2v) is 5.52. The van der Waals surface area contributed by atoms with Crippen LogP contribution in [0.15, 0.2) is 61.1 Å². The number of nitrogens with one attached hydrogen (secondary N) is 2. The quantitative estimate of drug-likeness (QED) is 0.522. The van der Waals surface area contributed by atoms with Crippen molar-refractivity contribution in [1.82, 2.24) is 30.1 Å². The molecular formula is C18H12N6. The van der Waals surface area contributed by atoms with Gasteiger partial charge in [0.15, 0.2) is 0 Å². The third-order valence-corrected chi connectivity index (χ3v) is 4.02. The number of aromatic nitrogens is 6. The Hall–Kier alpha value is -3.54. The van der Waals surface area contributed by atoms with E-state index in [9.17, 15) is 0 Å². The lowest BCUT2D eigenvalue weighted by Crippen LogP contribution is -1.86. The van der Waals surface area contributed by atoms with E-state index in [1.807, 2.05) is 42.5 Å². The molecule has 6 nitrogen and oxygen atoms in total. The number of aromatic amines is 2. The van der Waals surface area contributed by atoms with Crippen LogP contribution in [0, 0.1) is 0 Å². The zero-order chi connectivity index (χ0) is 15.9. The minimum absolute atomic E-state index is 0.819. The number of fused-ring (bicyclic) bond motifs is 2. The zero-order valence-electron chi connectivity index (χ0n) is 12.6. The maximum absolute atomic E-state index is 4.47. The van der Waals surface area contributed by atoms with Gasteiger partial charge in [-0.1, -0.05) is 6.07 Å². The van der Waals surface area contributed by atoms with Crippen molar-refractivity contribution in [3.63, 3.8) is 0 Å². The van der Waals surface area contributed by atoms with Crippen LogP contribution in [0.25, 0.3) is 44.7 Å². The summed E-state index contributed by atoms with van der Waals surface area (Å²) in [5.41, 5.74) is 6.22. The molecule has 0 aliphatic heterocycles. The molecule has 0 unspecified atom stereocenters. The van der Waals surface area contributed by atoms with Crippen LogP contribution in [0.1, 0.15) is 0 Å². The van der Waals surface area contributed by atoms with Gasteiger partial charge < -0.3 is 4.98 Å². The third kappa shape index (κ3) is 1.97. The fourth-order valence-electron chi connectivity index (χ4n) is 2.86. The monoisotopic (exact) mass is 312 g/mol. The Morgan fingerprint density at radius 2 is 1.75 bits per heavy atom. The highest BCUT2D eigenvalue weighted by Gasteiger charge is 2.13. The summed E-state index contributed by atoms with van der Waals surface area (Å²) in [7, 11) is 0. The van der Waals surface area contributed by atoms with Gasteiger partial charge in [0.25, 0.3) is 0 Å². The van der Waals surface area contributed by atoms with E-state index in [1.165, 1.54) is 0 Å². The molecule has 0 aliphatic carbocycles. The standard InChI is InChI=1S/C18H12N6/c1-2-6-19-12(4-1)14-8-11-17(10-21-14)23-24-18(11)16-9-15-13(22-16)5-3-7-20-15/h1-10,22H,(H,23,24). The van der Waals surface area contributed by atoms with Crippen LogP contribution < -0.4 is 0 Å². The summed E-state index contributed by atoms with van der Waals surface area (Å²) in [6.07, 6.45) is 5.34. The van der Waals surface area contributed by atoms with Gasteiger partial charge in [-0.25, -0.2) is 0 Å². The molecule has 5 rings (SSSR count). The highest BCUT2D eigenvalue weighted by molar-refractivity contribution is 5.95. The van der Waals surface area contributed by atoms with Crippen molar-refractivity contribution in [2.24, 2.45) is 0 Å². The number of pyridine rings is 3. The zero-order valence-corrected chi connectivity index (χ0v) is 12.6. The van der Waals surface area contributed by atoms with Crippen LogP contribution in [0.3, 0.4) is 0 Å². The molecule has 2 N–H and O–H groups in total. The maximum atomic E-state index is 4.47. The smallest absolute Gasteiger partial charge is 0.116 e. The van der Waals surface area contributed by atoms with Crippen LogP contribution >= 0.6 is 0 Å². The Balaban J connectivity index is 1.71. The van der Waals surface area contributed by atoms with Gasteiger partial charge in [0, 0.05) is 17.8 Å². The lowest BCUT2D eigenvalue weighted by molar-refractivity contribution is 1.11. The molecule has 0 radical (unpaired) electrons. The molecule has 24 heavy (non-hydrogen) atoms. The Morgan fingerprint density at radius 1 is 0.792 bits per heavy atom. The van der Waals surface area contributed by atoms with E-state index >= 15 is 0 Å². The molecule has 0 aliphatic rings. The molecule has 0 aromatic carbocycles. The minimum atomic E-state index is 0.819. The summed E-state index contributed by atoms with van der Waals surface area (Å²) in [4.78, 5) is 16.6. The second kappa shape index (κ2) is 4.99. The van der Waals surface area contributed by atoms with E-state index in [0.717, 1.165) is 44.7 Å². The van der Waals surface area contributed by atoms with Gasteiger partial charge in [0.05, 0.1) is 39.8 Å². The normalized spacial score (nSPS) is 11.3. The molecule has 5 aromatic rings. The van der Waals surface area contributed by atoms with Crippen molar-refractivity contribution in [2.75, 3.05) is 0 Å². The van der Waals surface area contributed by atoms with Crippen LogP contribution in [-0.4, -0.2) is 30.1 Å². The van der Waals surface area contributed by atoms with Gasteiger partial charge in [0.2, 0.25) is 0 Å². The fraction of sp³-hybridized carbons (Fsp3) is 0. The van der Waals surface area contributed by atoms with Crippen molar-refractivity contribution in [1.29, 1.82) is 0 Å². The van der Waals surface area contributed by atoms with E-state index in [2.05, 4.69) is 30.1 Å². The molecule has 5 heterocycles. The predicted octanol–water partition coefficient (Wildman–Crippen LogP) is 3.56. The van der Waals surface area contributed by atoms with E-state index < -0.39 is 0 Å². The van der Waals surface area contributed by atoms with Crippen LogP contribution in [0.5, 0.6) is 0 Å². The first-order valence-electron chi connectivity index (χ1n) is 7.58. The largest absolute Gasteiger partial charge is 0.352 e. The van der Waals surface area contributed by atoms with Gasteiger partial charge in [-0.3, -0.25) is 20.1 Å². The topological polar surface area (TPSA) is 83.1 Å². The summed E-state index contributed by atoms with van der Waals surface area (Å²) in [5.74, 6) is 0. The molecule has 0 saturated heterocycles. The lowest BCUT2D eigenvalue weighted by Gasteiger charge is -2.00. The molecule has 6 heteroatoms. The maximum Gasteiger partial charge on any atom is 0.116 e. The van der Waals surface area contributed by atoms with Crippen molar-refractivity contribution < 1.29 is 0 Å². The molecule has 0 amide bonds. The number of nitrogens with zero attached hydrogens (tertiary/aromatic N) is 4. The van der Waals surface area contributed by atoms with Crippen molar-refractivity contribution in [2.45, 2.75) is 0 Å². The van der Waals surface area contributed by atoms with Gasteiger partial charge >= 0.3 is 0 Å². The highest BCUT2D eigenvalue weighted by atomic mass is 15.1. The average Bonchev–Trinajstić information content (AvgIpc) is 3.25. The van der Waals surface area contributed by atoms with Crippen molar-refractivity contribution >= 4 is 21.9 Å². The molecular weight excluding hydrogens is 300 g/mol. The van der Waals surface area contributed by atoms with Gasteiger partial charge in [-0.15, -0.1) is 0 Å². The molecule has 0 bridgehead atoms. The number of hydrogen-bond donors (Lipinski definition) is 2. The predicted molar refractivity (Wildman–Crippen MR) is 92.2 cm³/mol. The number of rotatable bonds is 2. The van der Waals surface area contributed by atoms with Crippen LogP contribution in [-0.2, 0) is 0 Å². The molecule has 0 saturated carbocycles. The highest BCUT2D eigenvalue weighted by Crippen LogP contribution is 2.29. The first kappa shape index (κ1) is 13.0. The molecule has 0 spiro atoms. The lowest BCUT2D eigenvalue weighted by atomic mass is 10.1. The first-order chi connectivity index (χ1) is 11.9. The summed E-state index contributed by atoms with van der Waals surface area (Å²) < 4.78 is 0. The molecule has 114 valence electrons.